The smallest absolute Gasteiger partial charge is 0.404 e. The molecule has 1 fully saturated rings. The Kier molecular flexibility index (Phi) is 5.17. The number of aryl methyl sites for hydroxylation is 2. The minimum atomic E-state index is -0.768. The second kappa shape index (κ2) is 7.93. The van der Waals surface area contributed by atoms with E-state index in [4.69, 9.17) is 10.5 Å². The van der Waals surface area contributed by atoms with E-state index in [9.17, 15) is 9.59 Å². The molecule has 0 radical (unpaired) electrons. The number of hydrogen-bond donors (Lipinski definition) is 2. The van der Waals surface area contributed by atoms with Crippen LogP contribution >= 0.6 is 0 Å². The maximum atomic E-state index is 12.5. The summed E-state index contributed by atoms with van der Waals surface area (Å²) >= 11 is 0. The van der Waals surface area contributed by atoms with E-state index in [0.29, 0.717) is 23.9 Å². The Bertz CT molecular complexity index is 1100. The number of nitrogens with two attached hydrogens (primary N) is 1. The lowest BCUT2D eigenvalue weighted by Crippen LogP contribution is -2.24. The van der Waals surface area contributed by atoms with Crippen LogP contribution in [-0.2, 0) is 4.74 Å². The molecular formula is C19H22N8O3. The first-order valence-corrected chi connectivity index (χ1v) is 9.52. The van der Waals surface area contributed by atoms with Crippen molar-refractivity contribution >= 4 is 29.3 Å². The third kappa shape index (κ3) is 4.14. The molecule has 0 spiro atoms. The van der Waals surface area contributed by atoms with Gasteiger partial charge in [0.05, 0.1) is 36.6 Å². The summed E-state index contributed by atoms with van der Waals surface area (Å²) < 4.78 is 6.69. The van der Waals surface area contributed by atoms with E-state index in [1.165, 1.54) is 6.20 Å². The number of nitrogens with zero attached hydrogens (tertiary/aromatic N) is 6. The monoisotopic (exact) mass is 410 g/mol. The molecule has 11 heteroatoms. The van der Waals surface area contributed by atoms with Crippen molar-refractivity contribution in [2.24, 2.45) is 11.7 Å². The van der Waals surface area contributed by atoms with E-state index in [0.717, 1.165) is 24.3 Å². The van der Waals surface area contributed by atoms with Gasteiger partial charge >= 0.3 is 6.09 Å². The van der Waals surface area contributed by atoms with Crippen LogP contribution in [0.2, 0.25) is 0 Å². The molecule has 4 rings (SSSR count). The summed E-state index contributed by atoms with van der Waals surface area (Å²) in [7, 11) is 0. The number of carbonyl (C=O) groups excluding carboxylic acids is 2. The van der Waals surface area contributed by atoms with Crippen molar-refractivity contribution in [3.63, 3.8) is 0 Å². The van der Waals surface area contributed by atoms with Crippen LogP contribution in [0.3, 0.4) is 0 Å². The van der Waals surface area contributed by atoms with Crippen molar-refractivity contribution in [1.29, 1.82) is 0 Å². The number of rotatable bonds is 5. The molecule has 4 heterocycles. The molecule has 0 aromatic carbocycles. The fraction of sp³-hybridized carbons (Fsp3) is 0.368. The molecular weight excluding hydrogens is 388 g/mol. The molecule has 3 N–H and O–H groups in total. The average molecular weight is 410 g/mol. The number of anilines is 2. The van der Waals surface area contributed by atoms with Gasteiger partial charge in [-0.1, -0.05) is 0 Å². The van der Waals surface area contributed by atoms with Gasteiger partial charge in [0, 0.05) is 25.2 Å². The maximum absolute atomic E-state index is 12.5. The summed E-state index contributed by atoms with van der Waals surface area (Å²) in [5.74, 6) is 0.868. The molecule has 3 aromatic rings. The van der Waals surface area contributed by atoms with Gasteiger partial charge in [-0.25, -0.2) is 24.7 Å². The topological polar surface area (TPSA) is 141 Å². The minimum Gasteiger partial charge on any atom is -0.449 e. The van der Waals surface area contributed by atoms with Gasteiger partial charge in [0.25, 0.3) is 5.91 Å². The van der Waals surface area contributed by atoms with E-state index in [1.807, 2.05) is 29.3 Å². The van der Waals surface area contributed by atoms with Crippen LogP contribution in [0.15, 0.2) is 24.8 Å². The van der Waals surface area contributed by atoms with Crippen LogP contribution < -0.4 is 16.0 Å². The summed E-state index contributed by atoms with van der Waals surface area (Å²) in [6.45, 7) is 5.47. The molecule has 0 bridgehead atoms. The standard InChI is InChI=1S/C19H22N8O3/c1-11-7-27-9-15(24-12(2)17(27)23-11)25-18(28)14-5-22-16(6-21-14)26-4-3-13(8-26)10-30-19(20)29/h5-7,9,13H,3-4,8,10H2,1-2H3,(H2,20,29)(H,25,28). The van der Waals surface area contributed by atoms with Crippen molar-refractivity contribution in [2.45, 2.75) is 20.3 Å². The second-order valence-corrected chi connectivity index (χ2v) is 7.27. The normalized spacial score (nSPS) is 16.1. The highest BCUT2D eigenvalue weighted by atomic mass is 16.5. The minimum absolute atomic E-state index is 0.188. The zero-order valence-electron chi connectivity index (χ0n) is 16.7. The maximum Gasteiger partial charge on any atom is 0.404 e. The Morgan fingerprint density at radius 3 is 2.80 bits per heavy atom. The molecule has 1 aliphatic rings. The van der Waals surface area contributed by atoms with Gasteiger partial charge in [-0.05, 0) is 20.3 Å². The van der Waals surface area contributed by atoms with E-state index < -0.39 is 12.0 Å². The molecule has 3 aromatic heterocycles. The van der Waals surface area contributed by atoms with Gasteiger partial charge in [-0.3, -0.25) is 4.79 Å². The largest absolute Gasteiger partial charge is 0.449 e. The number of ether oxygens (including phenoxy) is 1. The SMILES string of the molecule is Cc1cn2cc(NC(=O)c3cnc(N4CCC(COC(N)=O)C4)cn3)nc(C)c2n1. The number of hydrogen-bond acceptors (Lipinski definition) is 8. The molecule has 11 nitrogen and oxygen atoms in total. The van der Waals surface area contributed by atoms with Crippen LogP contribution in [0, 0.1) is 19.8 Å². The van der Waals surface area contributed by atoms with Crippen molar-refractivity contribution in [2.75, 3.05) is 29.9 Å². The number of aromatic nitrogens is 5. The van der Waals surface area contributed by atoms with Gasteiger partial charge in [-0.15, -0.1) is 0 Å². The van der Waals surface area contributed by atoms with Crippen LogP contribution in [0.5, 0.6) is 0 Å². The number of primary amides is 1. The Morgan fingerprint density at radius 1 is 1.23 bits per heavy atom. The quantitative estimate of drug-likeness (QED) is 0.641. The molecule has 1 saturated heterocycles. The van der Waals surface area contributed by atoms with Crippen LogP contribution in [0.25, 0.3) is 5.65 Å². The highest BCUT2D eigenvalue weighted by Gasteiger charge is 2.25. The molecule has 1 unspecified atom stereocenters. The lowest BCUT2D eigenvalue weighted by Gasteiger charge is -2.17. The Labute approximate surface area is 172 Å². The Hall–Kier alpha value is -3.76. The van der Waals surface area contributed by atoms with E-state index >= 15 is 0 Å². The lowest BCUT2D eigenvalue weighted by molar-refractivity contribution is 0.102. The van der Waals surface area contributed by atoms with Gasteiger partial charge in [0.2, 0.25) is 0 Å². The predicted molar refractivity (Wildman–Crippen MR) is 108 cm³/mol. The first-order chi connectivity index (χ1) is 14.4. The van der Waals surface area contributed by atoms with Crippen LogP contribution in [-0.4, -0.2) is 56.0 Å². The number of imidazole rings is 1. The molecule has 30 heavy (non-hydrogen) atoms. The summed E-state index contributed by atoms with van der Waals surface area (Å²) in [6, 6.07) is 0. The average Bonchev–Trinajstić information content (AvgIpc) is 3.33. The first-order valence-electron chi connectivity index (χ1n) is 9.52. The summed E-state index contributed by atoms with van der Waals surface area (Å²) in [4.78, 5) is 42.7. The van der Waals surface area contributed by atoms with Gasteiger partial charge in [-0.2, -0.15) is 0 Å². The van der Waals surface area contributed by atoms with Crippen LogP contribution in [0.1, 0.15) is 28.3 Å². The molecule has 156 valence electrons. The number of amides is 2. The fourth-order valence-corrected chi connectivity index (χ4v) is 3.49. The lowest BCUT2D eigenvalue weighted by atomic mass is 10.1. The highest BCUT2D eigenvalue weighted by molar-refractivity contribution is 6.02. The van der Waals surface area contributed by atoms with Gasteiger partial charge < -0.3 is 25.1 Å². The summed E-state index contributed by atoms with van der Waals surface area (Å²) in [5, 5.41) is 2.75. The highest BCUT2D eigenvalue weighted by Crippen LogP contribution is 2.22. The van der Waals surface area contributed by atoms with Gasteiger partial charge in [0.15, 0.2) is 5.65 Å². The Balaban J connectivity index is 1.40. The van der Waals surface area contributed by atoms with Crippen molar-refractivity contribution in [1.82, 2.24) is 24.3 Å². The van der Waals surface area contributed by atoms with Crippen molar-refractivity contribution in [3.8, 4) is 0 Å². The number of nitrogens with one attached hydrogen (secondary N) is 1. The number of carbonyl (C=O) groups is 2. The molecule has 1 atom stereocenters. The predicted octanol–water partition coefficient (Wildman–Crippen LogP) is 1.31. The molecule has 0 aliphatic carbocycles. The molecule has 1 aliphatic heterocycles. The third-order valence-corrected chi connectivity index (χ3v) is 4.91. The van der Waals surface area contributed by atoms with E-state index in [2.05, 4.69) is 25.3 Å². The molecule has 2 amide bonds. The third-order valence-electron chi connectivity index (χ3n) is 4.91. The molecule has 0 saturated carbocycles. The fourth-order valence-electron chi connectivity index (χ4n) is 3.49. The van der Waals surface area contributed by atoms with Crippen LogP contribution in [0.4, 0.5) is 16.4 Å². The van der Waals surface area contributed by atoms with E-state index in [-0.39, 0.29) is 18.2 Å². The zero-order chi connectivity index (χ0) is 21.3. The Morgan fingerprint density at radius 2 is 2.07 bits per heavy atom. The van der Waals surface area contributed by atoms with Crippen molar-refractivity contribution < 1.29 is 14.3 Å². The summed E-state index contributed by atoms with van der Waals surface area (Å²) in [6.07, 6.45) is 6.67. The summed E-state index contributed by atoms with van der Waals surface area (Å²) in [5.41, 5.74) is 7.53. The first kappa shape index (κ1) is 19.6. The number of fused-ring (bicyclic) bond motifs is 1. The van der Waals surface area contributed by atoms with Crippen molar-refractivity contribution in [3.05, 3.63) is 41.9 Å². The van der Waals surface area contributed by atoms with Gasteiger partial charge in [0.1, 0.15) is 17.3 Å². The van der Waals surface area contributed by atoms with E-state index in [1.54, 1.807) is 12.4 Å². The zero-order valence-corrected chi connectivity index (χ0v) is 16.7. The second-order valence-electron chi connectivity index (χ2n) is 7.27.